The van der Waals surface area contributed by atoms with Crippen LogP contribution in [0.1, 0.15) is 48.2 Å². The monoisotopic (exact) mass is 287 g/mol. The highest BCUT2D eigenvalue weighted by atomic mass is 16.1. The number of nitrogens with one attached hydrogen (secondary N) is 3. The third-order valence-corrected chi connectivity index (χ3v) is 3.32. The van der Waals surface area contributed by atoms with Crippen molar-refractivity contribution in [3.8, 4) is 0 Å². The second-order valence-corrected chi connectivity index (χ2v) is 4.74. The SMILES string of the molecule is CCc1cc(C(=O)NC(CC)c2ncc[nH]2)cc(NC)n1. The third kappa shape index (κ3) is 3.59. The quantitative estimate of drug-likeness (QED) is 0.761. The zero-order chi connectivity index (χ0) is 15.2. The summed E-state index contributed by atoms with van der Waals surface area (Å²) in [7, 11) is 1.79. The van der Waals surface area contributed by atoms with Gasteiger partial charge in [0.2, 0.25) is 0 Å². The summed E-state index contributed by atoms with van der Waals surface area (Å²) >= 11 is 0. The molecule has 0 aliphatic heterocycles. The zero-order valence-electron chi connectivity index (χ0n) is 12.6. The number of pyridine rings is 1. The first kappa shape index (κ1) is 15.0. The molecule has 0 fully saturated rings. The lowest BCUT2D eigenvalue weighted by molar-refractivity contribution is 0.0933. The lowest BCUT2D eigenvalue weighted by Crippen LogP contribution is -2.29. The number of H-pyrrole nitrogens is 1. The maximum absolute atomic E-state index is 12.4. The Morgan fingerprint density at radius 1 is 1.38 bits per heavy atom. The van der Waals surface area contributed by atoms with E-state index in [1.807, 2.05) is 19.9 Å². The molecule has 2 rings (SSSR count). The van der Waals surface area contributed by atoms with Crippen LogP contribution in [0, 0.1) is 0 Å². The van der Waals surface area contributed by atoms with E-state index >= 15 is 0 Å². The molecule has 0 saturated carbocycles. The van der Waals surface area contributed by atoms with E-state index in [1.54, 1.807) is 25.5 Å². The number of aromatic nitrogens is 3. The molecule has 0 radical (unpaired) electrons. The lowest BCUT2D eigenvalue weighted by Gasteiger charge is -2.15. The number of hydrogen-bond donors (Lipinski definition) is 3. The number of imidazole rings is 1. The van der Waals surface area contributed by atoms with Crippen LogP contribution < -0.4 is 10.6 Å². The largest absolute Gasteiger partial charge is 0.373 e. The van der Waals surface area contributed by atoms with Crippen molar-refractivity contribution in [2.75, 3.05) is 12.4 Å². The molecular weight excluding hydrogens is 266 g/mol. The molecule has 0 aliphatic rings. The molecule has 0 spiro atoms. The standard InChI is InChI=1S/C15H21N5O/c1-4-11-8-10(9-13(16-3)19-11)15(21)20-12(5-2)14-17-6-7-18-14/h6-9,12H,4-5H2,1-3H3,(H,16,19)(H,17,18)(H,20,21). The predicted molar refractivity (Wildman–Crippen MR) is 82.2 cm³/mol. The van der Waals surface area contributed by atoms with Gasteiger partial charge in [0.15, 0.2) is 0 Å². The van der Waals surface area contributed by atoms with E-state index in [1.165, 1.54) is 0 Å². The van der Waals surface area contributed by atoms with Crippen LogP contribution in [0.2, 0.25) is 0 Å². The summed E-state index contributed by atoms with van der Waals surface area (Å²) in [6, 6.07) is 3.46. The summed E-state index contributed by atoms with van der Waals surface area (Å²) < 4.78 is 0. The lowest BCUT2D eigenvalue weighted by atomic mass is 10.1. The summed E-state index contributed by atoms with van der Waals surface area (Å²) in [5.41, 5.74) is 1.49. The van der Waals surface area contributed by atoms with Crippen molar-refractivity contribution in [1.29, 1.82) is 0 Å². The van der Waals surface area contributed by atoms with Gasteiger partial charge in [-0.25, -0.2) is 9.97 Å². The smallest absolute Gasteiger partial charge is 0.252 e. The van der Waals surface area contributed by atoms with Crippen molar-refractivity contribution >= 4 is 11.7 Å². The van der Waals surface area contributed by atoms with Gasteiger partial charge in [0, 0.05) is 30.7 Å². The van der Waals surface area contributed by atoms with Crippen molar-refractivity contribution < 1.29 is 4.79 Å². The second-order valence-electron chi connectivity index (χ2n) is 4.74. The fraction of sp³-hybridized carbons (Fsp3) is 0.400. The first-order valence-electron chi connectivity index (χ1n) is 7.16. The highest BCUT2D eigenvalue weighted by molar-refractivity contribution is 5.95. The van der Waals surface area contributed by atoms with Gasteiger partial charge in [0.1, 0.15) is 11.6 Å². The molecule has 0 bridgehead atoms. The summed E-state index contributed by atoms with van der Waals surface area (Å²) in [6.45, 7) is 4.03. The zero-order valence-corrected chi connectivity index (χ0v) is 12.6. The number of rotatable bonds is 6. The highest BCUT2D eigenvalue weighted by Crippen LogP contribution is 2.15. The van der Waals surface area contributed by atoms with E-state index in [0.717, 1.165) is 24.4 Å². The minimum absolute atomic E-state index is 0.119. The molecule has 6 heteroatoms. The van der Waals surface area contributed by atoms with Crippen LogP contribution in [0.15, 0.2) is 24.5 Å². The van der Waals surface area contributed by atoms with Crippen molar-refractivity contribution in [1.82, 2.24) is 20.3 Å². The average molecular weight is 287 g/mol. The maximum atomic E-state index is 12.4. The molecule has 112 valence electrons. The number of anilines is 1. The van der Waals surface area contributed by atoms with Gasteiger partial charge in [-0.05, 0) is 25.0 Å². The fourth-order valence-corrected chi connectivity index (χ4v) is 2.10. The van der Waals surface area contributed by atoms with Crippen molar-refractivity contribution in [2.24, 2.45) is 0 Å². The van der Waals surface area contributed by atoms with Gasteiger partial charge in [-0.3, -0.25) is 4.79 Å². The Balaban J connectivity index is 2.19. The number of carbonyl (C=O) groups is 1. The third-order valence-electron chi connectivity index (χ3n) is 3.32. The molecule has 0 aromatic carbocycles. The normalized spacial score (nSPS) is 12.0. The number of hydrogen-bond acceptors (Lipinski definition) is 4. The topological polar surface area (TPSA) is 82.7 Å². The van der Waals surface area contributed by atoms with Crippen molar-refractivity contribution in [3.63, 3.8) is 0 Å². The Bertz CT molecular complexity index is 572. The molecule has 0 aliphatic carbocycles. The van der Waals surface area contributed by atoms with E-state index in [9.17, 15) is 4.79 Å². The van der Waals surface area contributed by atoms with Crippen LogP contribution in [0.5, 0.6) is 0 Å². The van der Waals surface area contributed by atoms with Crippen LogP contribution in [-0.4, -0.2) is 27.9 Å². The van der Waals surface area contributed by atoms with Gasteiger partial charge in [0.25, 0.3) is 5.91 Å². The fourth-order valence-electron chi connectivity index (χ4n) is 2.10. The molecular formula is C15H21N5O. The Morgan fingerprint density at radius 3 is 2.76 bits per heavy atom. The Labute approximate surface area is 124 Å². The molecule has 2 aromatic heterocycles. The average Bonchev–Trinajstić information content (AvgIpc) is 3.05. The molecule has 6 nitrogen and oxygen atoms in total. The summed E-state index contributed by atoms with van der Waals surface area (Å²) in [4.78, 5) is 24.1. The van der Waals surface area contributed by atoms with Crippen LogP contribution >= 0.6 is 0 Å². The van der Waals surface area contributed by atoms with E-state index in [2.05, 4.69) is 25.6 Å². The number of nitrogens with zero attached hydrogens (tertiary/aromatic N) is 2. The van der Waals surface area contributed by atoms with Crippen LogP contribution in [0.4, 0.5) is 5.82 Å². The maximum Gasteiger partial charge on any atom is 0.252 e. The predicted octanol–water partition coefficient (Wildman–Crippen LogP) is 2.29. The van der Waals surface area contributed by atoms with E-state index in [0.29, 0.717) is 11.4 Å². The second kappa shape index (κ2) is 6.88. The van der Waals surface area contributed by atoms with E-state index < -0.39 is 0 Å². The Kier molecular flexibility index (Phi) is 4.92. The van der Waals surface area contributed by atoms with Crippen LogP contribution in [-0.2, 0) is 6.42 Å². The van der Waals surface area contributed by atoms with Gasteiger partial charge in [0.05, 0.1) is 6.04 Å². The van der Waals surface area contributed by atoms with Gasteiger partial charge < -0.3 is 15.6 Å². The Hall–Kier alpha value is -2.37. The molecule has 2 aromatic rings. The van der Waals surface area contributed by atoms with Gasteiger partial charge >= 0.3 is 0 Å². The van der Waals surface area contributed by atoms with Crippen LogP contribution in [0.3, 0.4) is 0 Å². The number of carbonyl (C=O) groups excluding carboxylic acids is 1. The minimum Gasteiger partial charge on any atom is -0.373 e. The van der Waals surface area contributed by atoms with Gasteiger partial charge in [-0.2, -0.15) is 0 Å². The summed E-state index contributed by atoms with van der Waals surface area (Å²) in [6.07, 6.45) is 4.99. The first-order valence-corrected chi connectivity index (χ1v) is 7.16. The van der Waals surface area contributed by atoms with Crippen LogP contribution in [0.25, 0.3) is 0 Å². The first-order chi connectivity index (χ1) is 10.2. The minimum atomic E-state index is -0.122. The molecule has 0 saturated heterocycles. The molecule has 1 atom stereocenters. The number of aryl methyl sites for hydroxylation is 1. The summed E-state index contributed by atoms with van der Waals surface area (Å²) in [5, 5.41) is 5.98. The number of aromatic amines is 1. The van der Waals surface area contributed by atoms with Crippen molar-refractivity contribution in [3.05, 3.63) is 41.6 Å². The van der Waals surface area contributed by atoms with E-state index in [-0.39, 0.29) is 11.9 Å². The molecule has 1 amide bonds. The van der Waals surface area contributed by atoms with Crippen molar-refractivity contribution in [2.45, 2.75) is 32.7 Å². The number of amides is 1. The molecule has 3 N–H and O–H groups in total. The van der Waals surface area contributed by atoms with E-state index in [4.69, 9.17) is 0 Å². The van der Waals surface area contributed by atoms with Gasteiger partial charge in [-0.1, -0.05) is 13.8 Å². The molecule has 1 unspecified atom stereocenters. The van der Waals surface area contributed by atoms with Gasteiger partial charge in [-0.15, -0.1) is 0 Å². The molecule has 2 heterocycles. The highest BCUT2D eigenvalue weighted by Gasteiger charge is 2.17. The molecule has 21 heavy (non-hydrogen) atoms. The summed E-state index contributed by atoms with van der Waals surface area (Å²) in [5.74, 6) is 1.35. The Morgan fingerprint density at radius 2 is 2.19 bits per heavy atom.